The number of hydrogen-bond donors (Lipinski definition) is 1. The van der Waals surface area contributed by atoms with E-state index in [-0.39, 0.29) is 11.2 Å². The van der Waals surface area contributed by atoms with Gasteiger partial charge in [-0.15, -0.1) is 11.3 Å². The number of piperidine rings is 1. The Morgan fingerprint density at radius 2 is 1.78 bits per heavy atom. The van der Waals surface area contributed by atoms with Crippen molar-refractivity contribution >= 4 is 38.2 Å². The molecule has 0 radical (unpaired) electrons. The molecule has 0 atom stereocenters. The molecule has 4 rings (SSSR count). The fraction of sp³-hybridized carbons (Fsp3) is 0.400. The lowest BCUT2D eigenvalue weighted by atomic mass is 10.1. The number of fused-ring (bicyclic) bond motifs is 1. The van der Waals surface area contributed by atoms with Crippen molar-refractivity contribution in [3.63, 3.8) is 0 Å². The maximum atomic E-state index is 13.0. The van der Waals surface area contributed by atoms with Crippen LogP contribution >= 0.6 is 27.3 Å². The summed E-state index contributed by atoms with van der Waals surface area (Å²) in [5.74, 6) is 0. The van der Waals surface area contributed by atoms with Crippen molar-refractivity contribution < 1.29 is 0 Å². The summed E-state index contributed by atoms with van der Waals surface area (Å²) in [5, 5.41) is 9.43. The van der Waals surface area contributed by atoms with E-state index in [0.717, 1.165) is 40.4 Å². The molecule has 0 spiro atoms. The summed E-state index contributed by atoms with van der Waals surface area (Å²) in [6.45, 7) is 4.35. The van der Waals surface area contributed by atoms with Gasteiger partial charge in [-0.05, 0) is 66.1 Å². The van der Waals surface area contributed by atoms with Crippen molar-refractivity contribution in [2.45, 2.75) is 32.4 Å². The van der Waals surface area contributed by atoms with Gasteiger partial charge in [0.25, 0.3) is 5.56 Å². The van der Waals surface area contributed by atoms with Crippen LogP contribution in [0, 0.1) is 5.41 Å². The number of likely N-dealkylation sites (tertiary alicyclic amines) is 1. The Morgan fingerprint density at radius 3 is 2.52 bits per heavy atom. The second kappa shape index (κ2) is 8.12. The number of para-hydroxylation sites is 1. The van der Waals surface area contributed by atoms with Crippen LogP contribution in [0.2, 0.25) is 0 Å². The first-order valence-electron chi connectivity index (χ1n) is 9.37. The van der Waals surface area contributed by atoms with E-state index in [0.29, 0.717) is 11.9 Å². The fourth-order valence-corrected chi connectivity index (χ4v) is 5.25. The summed E-state index contributed by atoms with van der Waals surface area (Å²) < 4.78 is 4.63. The van der Waals surface area contributed by atoms with Crippen LogP contribution in [0.5, 0.6) is 0 Å². The summed E-state index contributed by atoms with van der Waals surface area (Å²) in [4.78, 5) is 16.6. The molecule has 1 saturated heterocycles. The molecule has 1 aromatic carbocycles. The van der Waals surface area contributed by atoms with Crippen LogP contribution in [-0.2, 0) is 13.1 Å². The van der Waals surface area contributed by atoms with Crippen molar-refractivity contribution in [1.82, 2.24) is 14.0 Å². The van der Waals surface area contributed by atoms with Crippen LogP contribution in [0.4, 0.5) is 0 Å². The van der Waals surface area contributed by atoms with Gasteiger partial charge in [0.05, 0.1) is 21.2 Å². The standard InChI is InChI=1S/C20H23BrN4OS/c21-18-9-8-15(27-18)14-25-19(26)16-6-2-3-7-17(16)24(20(25)22)13-12-23-10-4-1-5-11-23/h2-3,6-9,22H,1,4-5,10-14H2. The van der Waals surface area contributed by atoms with Crippen molar-refractivity contribution in [2.24, 2.45) is 0 Å². The highest BCUT2D eigenvalue weighted by atomic mass is 79.9. The molecule has 0 unspecified atom stereocenters. The summed E-state index contributed by atoms with van der Waals surface area (Å²) in [6, 6.07) is 11.7. The van der Waals surface area contributed by atoms with E-state index in [9.17, 15) is 4.79 Å². The minimum Gasteiger partial charge on any atom is -0.310 e. The minimum atomic E-state index is -0.0886. The van der Waals surface area contributed by atoms with E-state index in [1.807, 2.05) is 41.0 Å². The zero-order valence-electron chi connectivity index (χ0n) is 15.2. The second-order valence-electron chi connectivity index (χ2n) is 6.99. The third-order valence-corrected chi connectivity index (χ3v) is 6.82. The van der Waals surface area contributed by atoms with Gasteiger partial charge in [0, 0.05) is 18.0 Å². The SMILES string of the molecule is N=c1n(Cc2ccc(Br)s2)c(=O)c2ccccc2n1CCN1CCCCC1. The second-order valence-corrected chi connectivity index (χ2v) is 9.54. The average molecular weight is 447 g/mol. The normalized spacial score (nSPS) is 15.4. The van der Waals surface area contributed by atoms with Crippen LogP contribution in [0.3, 0.4) is 0 Å². The molecule has 5 nitrogen and oxygen atoms in total. The van der Waals surface area contributed by atoms with Gasteiger partial charge in [-0.1, -0.05) is 18.6 Å². The topological polar surface area (TPSA) is 54.0 Å². The first-order chi connectivity index (χ1) is 13.1. The smallest absolute Gasteiger partial charge is 0.263 e. The van der Waals surface area contributed by atoms with Crippen LogP contribution in [-0.4, -0.2) is 33.7 Å². The minimum absolute atomic E-state index is 0.0886. The highest BCUT2D eigenvalue weighted by Crippen LogP contribution is 2.22. The molecule has 2 aromatic heterocycles. The zero-order chi connectivity index (χ0) is 18.8. The molecule has 0 saturated carbocycles. The van der Waals surface area contributed by atoms with Crippen LogP contribution in [0.15, 0.2) is 45.0 Å². The first kappa shape index (κ1) is 18.7. The number of nitrogens with one attached hydrogen (secondary N) is 1. The molecule has 1 aliphatic rings. The van der Waals surface area contributed by atoms with Gasteiger partial charge in [0.15, 0.2) is 0 Å². The molecule has 3 heterocycles. The lowest BCUT2D eigenvalue weighted by Gasteiger charge is -2.27. The van der Waals surface area contributed by atoms with E-state index in [1.165, 1.54) is 19.3 Å². The quantitative estimate of drug-likeness (QED) is 0.650. The average Bonchev–Trinajstić information content (AvgIpc) is 3.11. The van der Waals surface area contributed by atoms with Crippen LogP contribution < -0.4 is 11.2 Å². The van der Waals surface area contributed by atoms with Crippen molar-refractivity contribution in [1.29, 1.82) is 5.41 Å². The number of aromatic nitrogens is 2. The van der Waals surface area contributed by atoms with Gasteiger partial charge < -0.3 is 9.47 Å². The molecule has 142 valence electrons. The number of rotatable bonds is 5. The van der Waals surface area contributed by atoms with Gasteiger partial charge >= 0.3 is 0 Å². The third kappa shape index (κ3) is 3.95. The molecule has 0 amide bonds. The number of nitrogens with zero attached hydrogens (tertiary/aromatic N) is 3. The molecular formula is C20H23BrN4OS. The van der Waals surface area contributed by atoms with E-state index in [2.05, 4.69) is 20.8 Å². The van der Waals surface area contributed by atoms with Gasteiger partial charge in [0.2, 0.25) is 5.62 Å². The molecule has 7 heteroatoms. The molecule has 1 fully saturated rings. The van der Waals surface area contributed by atoms with Crippen molar-refractivity contribution in [2.75, 3.05) is 19.6 Å². The Morgan fingerprint density at radius 1 is 1.00 bits per heavy atom. The van der Waals surface area contributed by atoms with Crippen LogP contribution in [0.1, 0.15) is 24.1 Å². The molecule has 3 aromatic rings. The molecule has 0 aliphatic carbocycles. The summed E-state index contributed by atoms with van der Waals surface area (Å²) in [7, 11) is 0. The Labute approximate surface area is 170 Å². The Kier molecular flexibility index (Phi) is 5.61. The van der Waals surface area contributed by atoms with Gasteiger partial charge in [-0.25, -0.2) is 0 Å². The molecule has 27 heavy (non-hydrogen) atoms. The molecule has 0 bridgehead atoms. The largest absolute Gasteiger partial charge is 0.310 e. The highest BCUT2D eigenvalue weighted by Gasteiger charge is 2.14. The number of thiophene rings is 1. The van der Waals surface area contributed by atoms with E-state index < -0.39 is 0 Å². The lowest BCUT2D eigenvalue weighted by molar-refractivity contribution is 0.219. The summed E-state index contributed by atoms with van der Waals surface area (Å²) in [5.41, 5.74) is 1.04. The van der Waals surface area contributed by atoms with Crippen molar-refractivity contribution in [3.05, 3.63) is 61.0 Å². The number of hydrogen-bond acceptors (Lipinski definition) is 4. The zero-order valence-corrected chi connectivity index (χ0v) is 17.6. The first-order valence-corrected chi connectivity index (χ1v) is 11.0. The predicted octanol–water partition coefficient (Wildman–Crippen LogP) is 3.64. The van der Waals surface area contributed by atoms with E-state index in [1.54, 1.807) is 15.9 Å². The van der Waals surface area contributed by atoms with E-state index >= 15 is 0 Å². The third-order valence-electron chi connectivity index (χ3n) is 5.21. The number of halogens is 1. The fourth-order valence-electron chi connectivity index (χ4n) is 3.78. The molecular weight excluding hydrogens is 424 g/mol. The van der Waals surface area contributed by atoms with E-state index in [4.69, 9.17) is 5.41 Å². The Bertz CT molecular complexity index is 1060. The summed E-state index contributed by atoms with van der Waals surface area (Å²) in [6.07, 6.45) is 3.83. The lowest BCUT2D eigenvalue weighted by Crippen LogP contribution is -2.42. The number of benzene rings is 1. The van der Waals surface area contributed by atoms with Crippen molar-refractivity contribution in [3.8, 4) is 0 Å². The highest BCUT2D eigenvalue weighted by molar-refractivity contribution is 9.11. The summed E-state index contributed by atoms with van der Waals surface area (Å²) >= 11 is 5.08. The maximum absolute atomic E-state index is 13.0. The monoisotopic (exact) mass is 446 g/mol. The van der Waals surface area contributed by atoms with Gasteiger partial charge in [0.1, 0.15) is 0 Å². The predicted molar refractivity (Wildman–Crippen MR) is 113 cm³/mol. The molecule has 1 N–H and O–H groups in total. The molecule has 1 aliphatic heterocycles. The Hall–Kier alpha value is -1.70. The van der Waals surface area contributed by atoms with Gasteiger partial charge in [-0.2, -0.15) is 0 Å². The Balaban J connectivity index is 1.74. The van der Waals surface area contributed by atoms with Gasteiger partial charge in [-0.3, -0.25) is 14.8 Å². The maximum Gasteiger partial charge on any atom is 0.263 e. The van der Waals surface area contributed by atoms with Crippen LogP contribution in [0.25, 0.3) is 10.9 Å².